The maximum Gasteiger partial charge on any atom is 0.228 e. The third-order valence-corrected chi connectivity index (χ3v) is 2.36. The van der Waals surface area contributed by atoms with Gasteiger partial charge in [-0.2, -0.15) is 0 Å². The van der Waals surface area contributed by atoms with Crippen molar-refractivity contribution in [2.45, 2.75) is 39.7 Å². The van der Waals surface area contributed by atoms with E-state index in [0.717, 1.165) is 25.7 Å². The Morgan fingerprint density at radius 1 is 1.46 bits per heavy atom. The van der Waals surface area contributed by atoms with E-state index in [0.29, 0.717) is 0 Å². The lowest BCUT2D eigenvalue weighted by molar-refractivity contribution is -0.142. The minimum Gasteiger partial charge on any atom is -0.333 e. The number of aldehydes is 1. The van der Waals surface area contributed by atoms with Gasteiger partial charge in [0.15, 0.2) is 0 Å². The molecule has 1 heterocycles. The Bertz CT molecular complexity index is 217. The fourth-order valence-corrected chi connectivity index (χ4v) is 1.62. The predicted octanol–water partition coefficient (Wildman–Crippen LogP) is 1.22. The van der Waals surface area contributed by atoms with Gasteiger partial charge in [-0.3, -0.25) is 4.79 Å². The van der Waals surface area contributed by atoms with E-state index in [2.05, 4.69) is 0 Å². The molecule has 1 amide bonds. The van der Waals surface area contributed by atoms with Crippen LogP contribution in [0.1, 0.15) is 33.6 Å². The molecular weight excluding hydrogens is 166 g/mol. The van der Waals surface area contributed by atoms with E-state index in [1.165, 1.54) is 0 Å². The number of rotatable bonds is 1. The van der Waals surface area contributed by atoms with E-state index in [4.69, 9.17) is 0 Å². The molecule has 1 rings (SSSR count). The monoisotopic (exact) mass is 183 g/mol. The molecular formula is C10H17NO2. The van der Waals surface area contributed by atoms with Crippen molar-refractivity contribution in [2.24, 2.45) is 5.41 Å². The highest BCUT2D eigenvalue weighted by Crippen LogP contribution is 2.24. The van der Waals surface area contributed by atoms with Crippen molar-refractivity contribution in [3.05, 3.63) is 0 Å². The summed E-state index contributed by atoms with van der Waals surface area (Å²) in [5.74, 6) is 0.0853. The first-order valence-electron chi connectivity index (χ1n) is 4.73. The van der Waals surface area contributed by atoms with Crippen LogP contribution in [0.15, 0.2) is 0 Å². The summed E-state index contributed by atoms with van der Waals surface area (Å²) in [4.78, 5) is 24.2. The van der Waals surface area contributed by atoms with Crippen molar-refractivity contribution in [2.75, 3.05) is 6.54 Å². The number of carbonyl (C=O) groups excluding carboxylic acids is 2. The minimum atomic E-state index is -0.369. The molecule has 1 saturated heterocycles. The Balaban J connectivity index is 2.71. The number of amides is 1. The van der Waals surface area contributed by atoms with Crippen molar-refractivity contribution in [3.63, 3.8) is 0 Å². The highest BCUT2D eigenvalue weighted by atomic mass is 16.2. The molecule has 0 aliphatic carbocycles. The first kappa shape index (κ1) is 10.2. The lowest BCUT2D eigenvalue weighted by Gasteiger charge is -2.28. The van der Waals surface area contributed by atoms with Crippen molar-refractivity contribution in [1.29, 1.82) is 0 Å². The van der Waals surface area contributed by atoms with E-state index >= 15 is 0 Å². The van der Waals surface area contributed by atoms with Gasteiger partial charge in [-0.05, 0) is 12.8 Å². The Hall–Kier alpha value is -0.860. The summed E-state index contributed by atoms with van der Waals surface area (Å²) in [6.45, 7) is 6.39. The molecule has 0 aromatic rings. The molecule has 1 aliphatic rings. The molecule has 0 spiro atoms. The molecule has 0 saturated carbocycles. The van der Waals surface area contributed by atoms with Crippen LogP contribution in [0, 0.1) is 5.41 Å². The summed E-state index contributed by atoms with van der Waals surface area (Å²) in [5.41, 5.74) is -0.369. The smallest absolute Gasteiger partial charge is 0.228 e. The van der Waals surface area contributed by atoms with Gasteiger partial charge in [-0.1, -0.05) is 20.8 Å². The first-order valence-corrected chi connectivity index (χ1v) is 4.73. The summed E-state index contributed by atoms with van der Waals surface area (Å²) in [6, 6.07) is -0.174. The van der Waals surface area contributed by atoms with E-state index < -0.39 is 0 Å². The van der Waals surface area contributed by atoms with Gasteiger partial charge >= 0.3 is 0 Å². The summed E-state index contributed by atoms with van der Waals surface area (Å²) < 4.78 is 0. The standard InChI is InChI=1S/C10H17NO2/c1-10(2,3)9(13)11-6-4-5-8(11)7-12/h7-8H,4-6H2,1-3H3/t8-/m0/s1. The molecule has 0 aromatic heterocycles. The third-order valence-electron chi connectivity index (χ3n) is 2.36. The lowest BCUT2D eigenvalue weighted by atomic mass is 9.94. The second-order valence-electron chi connectivity index (χ2n) is 4.59. The van der Waals surface area contributed by atoms with E-state index in [1.54, 1.807) is 4.90 Å². The molecule has 1 atom stereocenters. The van der Waals surface area contributed by atoms with Gasteiger partial charge in [0.25, 0.3) is 0 Å². The van der Waals surface area contributed by atoms with E-state index in [-0.39, 0.29) is 17.4 Å². The van der Waals surface area contributed by atoms with Crippen molar-refractivity contribution < 1.29 is 9.59 Å². The van der Waals surface area contributed by atoms with Crippen LogP contribution in [0.2, 0.25) is 0 Å². The van der Waals surface area contributed by atoms with Gasteiger partial charge in [0.1, 0.15) is 6.29 Å². The normalized spacial score (nSPS) is 23.3. The Morgan fingerprint density at radius 3 is 2.54 bits per heavy atom. The van der Waals surface area contributed by atoms with Gasteiger partial charge in [0, 0.05) is 12.0 Å². The van der Waals surface area contributed by atoms with Gasteiger partial charge in [-0.15, -0.1) is 0 Å². The molecule has 0 aromatic carbocycles. The van der Waals surface area contributed by atoms with Gasteiger partial charge < -0.3 is 9.69 Å². The number of carbonyl (C=O) groups is 2. The van der Waals surface area contributed by atoms with Crippen molar-refractivity contribution in [1.82, 2.24) is 4.90 Å². The Kier molecular flexibility index (Phi) is 2.74. The Morgan fingerprint density at radius 2 is 2.08 bits per heavy atom. The highest BCUT2D eigenvalue weighted by molar-refractivity contribution is 5.84. The maximum absolute atomic E-state index is 11.8. The van der Waals surface area contributed by atoms with Crippen LogP contribution in [0.25, 0.3) is 0 Å². The number of hydrogen-bond acceptors (Lipinski definition) is 2. The molecule has 1 aliphatic heterocycles. The molecule has 0 radical (unpaired) electrons. The fraction of sp³-hybridized carbons (Fsp3) is 0.800. The summed E-state index contributed by atoms with van der Waals surface area (Å²) in [5, 5.41) is 0. The summed E-state index contributed by atoms with van der Waals surface area (Å²) >= 11 is 0. The zero-order valence-electron chi connectivity index (χ0n) is 8.54. The molecule has 13 heavy (non-hydrogen) atoms. The van der Waals surface area contributed by atoms with Gasteiger partial charge in [0.05, 0.1) is 6.04 Å². The molecule has 1 fully saturated rings. The van der Waals surface area contributed by atoms with Crippen LogP contribution in [0.3, 0.4) is 0 Å². The molecule has 0 unspecified atom stereocenters. The quantitative estimate of drug-likeness (QED) is 0.573. The second-order valence-corrected chi connectivity index (χ2v) is 4.59. The van der Waals surface area contributed by atoms with Crippen molar-refractivity contribution >= 4 is 12.2 Å². The van der Waals surface area contributed by atoms with Crippen LogP contribution >= 0.6 is 0 Å². The van der Waals surface area contributed by atoms with Crippen LogP contribution < -0.4 is 0 Å². The summed E-state index contributed by atoms with van der Waals surface area (Å²) in [6.07, 6.45) is 2.66. The Labute approximate surface area is 79.1 Å². The van der Waals surface area contributed by atoms with Gasteiger partial charge in [-0.25, -0.2) is 0 Å². The molecule has 0 bridgehead atoms. The van der Waals surface area contributed by atoms with Crippen LogP contribution in [0.5, 0.6) is 0 Å². The topological polar surface area (TPSA) is 37.4 Å². The number of likely N-dealkylation sites (tertiary alicyclic amines) is 1. The molecule has 0 N–H and O–H groups in total. The van der Waals surface area contributed by atoms with Crippen LogP contribution in [-0.2, 0) is 9.59 Å². The van der Waals surface area contributed by atoms with Crippen molar-refractivity contribution in [3.8, 4) is 0 Å². The fourth-order valence-electron chi connectivity index (χ4n) is 1.62. The SMILES string of the molecule is CC(C)(C)C(=O)N1CCC[C@H]1C=O. The van der Waals surface area contributed by atoms with E-state index in [9.17, 15) is 9.59 Å². The zero-order valence-corrected chi connectivity index (χ0v) is 8.54. The second kappa shape index (κ2) is 3.48. The van der Waals surface area contributed by atoms with E-state index in [1.807, 2.05) is 20.8 Å². The molecule has 74 valence electrons. The van der Waals surface area contributed by atoms with Crippen LogP contribution in [0.4, 0.5) is 0 Å². The molecule has 3 nitrogen and oxygen atoms in total. The predicted molar refractivity (Wildman–Crippen MR) is 50.3 cm³/mol. The zero-order chi connectivity index (χ0) is 10.1. The minimum absolute atomic E-state index is 0.0853. The van der Waals surface area contributed by atoms with Gasteiger partial charge in [0.2, 0.25) is 5.91 Å². The lowest BCUT2D eigenvalue weighted by Crippen LogP contribution is -2.43. The third kappa shape index (κ3) is 2.08. The first-order chi connectivity index (χ1) is 5.96. The summed E-state index contributed by atoms with van der Waals surface area (Å²) in [7, 11) is 0. The highest BCUT2D eigenvalue weighted by Gasteiger charge is 2.34. The molecule has 3 heteroatoms. The average molecular weight is 183 g/mol. The number of nitrogens with zero attached hydrogens (tertiary/aromatic N) is 1. The average Bonchev–Trinajstić information content (AvgIpc) is 2.48. The number of hydrogen-bond donors (Lipinski definition) is 0. The largest absolute Gasteiger partial charge is 0.333 e. The van der Waals surface area contributed by atoms with Crippen LogP contribution in [-0.4, -0.2) is 29.7 Å². The maximum atomic E-state index is 11.8.